The van der Waals surface area contributed by atoms with Crippen LogP contribution in [-0.2, 0) is 14.3 Å². The normalized spacial score (nSPS) is 32.3. The van der Waals surface area contributed by atoms with Crippen molar-refractivity contribution in [2.24, 2.45) is 17.3 Å². The smallest absolute Gasteiger partial charge is 0.309 e. The first-order chi connectivity index (χ1) is 7.12. The maximum absolute atomic E-state index is 11.5. The van der Waals surface area contributed by atoms with Crippen LogP contribution in [0.2, 0.25) is 0 Å². The fraction of sp³-hybridized carbons (Fsp3) is 0.818. The lowest BCUT2D eigenvalue weighted by molar-refractivity contribution is -0.177. The minimum atomic E-state index is -0.753. The van der Waals surface area contributed by atoms with Crippen LogP contribution in [0.5, 0.6) is 0 Å². The molecule has 4 nitrogen and oxygen atoms in total. The number of ether oxygens (including phenoxy) is 1. The minimum absolute atomic E-state index is 0.175. The van der Waals surface area contributed by atoms with Crippen LogP contribution >= 0.6 is 0 Å². The monoisotopic (exact) mass is 212 g/mol. The molecule has 1 spiro atoms. The molecule has 0 saturated heterocycles. The Kier molecular flexibility index (Phi) is 2.44. The number of esters is 1. The maximum Gasteiger partial charge on any atom is 0.309 e. The van der Waals surface area contributed by atoms with Gasteiger partial charge in [0.25, 0.3) is 0 Å². The number of rotatable bonds is 2. The van der Waals surface area contributed by atoms with E-state index >= 15 is 0 Å². The molecule has 0 aromatic carbocycles. The van der Waals surface area contributed by atoms with Crippen molar-refractivity contribution in [3.8, 4) is 0 Å². The predicted octanol–water partition coefficient (Wildman–Crippen LogP) is 1.44. The van der Waals surface area contributed by atoms with Crippen LogP contribution < -0.4 is 0 Å². The molecule has 84 valence electrons. The van der Waals surface area contributed by atoms with Crippen molar-refractivity contribution in [3.63, 3.8) is 0 Å². The number of hydrogen-bond acceptors (Lipinski definition) is 3. The van der Waals surface area contributed by atoms with E-state index in [1.165, 1.54) is 7.11 Å². The molecule has 0 aromatic rings. The first-order valence-corrected chi connectivity index (χ1v) is 5.42. The molecule has 0 aliphatic heterocycles. The highest BCUT2D eigenvalue weighted by Gasteiger charge is 2.62. The Labute approximate surface area is 88.6 Å². The van der Waals surface area contributed by atoms with Gasteiger partial charge in [0.05, 0.1) is 18.9 Å². The van der Waals surface area contributed by atoms with E-state index in [4.69, 9.17) is 9.84 Å². The lowest BCUT2D eigenvalue weighted by atomic mass is 9.51. The second-order valence-corrected chi connectivity index (χ2v) is 4.64. The van der Waals surface area contributed by atoms with Crippen molar-refractivity contribution in [2.75, 3.05) is 7.11 Å². The van der Waals surface area contributed by atoms with Crippen LogP contribution in [0.25, 0.3) is 0 Å². The Morgan fingerprint density at radius 2 is 1.87 bits per heavy atom. The zero-order valence-electron chi connectivity index (χ0n) is 8.86. The molecular formula is C11H16O4. The van der Waals surface area contributed by atoms with Gasteiger partial charge in [-0.3, -0.25) is 9.59 Å². The largest absolute Gasteiger partial charge is 0.481 e. The molecule has 2 atom stereocenters. The Hall–Kier alpha value is -1.06. The summed E-state index contributed by atoms with van der Waals surface area (Å²) in [5.41, 5.74) is -0.279. The van der Waals surface area contributed by atoms with E-state index in [2.05, 4.69) is 0 Å². The lowest BCUT2D eigenvalue weighted by Crippen LogP contribution is -2.54. The molecule has 0 aromatic heterocycles. The van der Waals surface area contributed by atoms with Crippen molar-refractivity contribution in [3.05, 3.63) is 0 Å². The molecule has 0 amide bonds. The fourth-order valence-electron chi connectivity index (χ4n) is 3.34. The van der Waals surface area contributed by atoms with Gasteiger partial charge < -0.3 is 9.84 Å². The first kappa shape index (κ1) is 10.5. The number of carbonyl (C=O) groups is 2. The van der Waals surface area contributed by atoms with Gasteiger partial charge in [-0.05, 0) is 24.7 Å². The van der Waals surface area contributed by atoms with Gasteiger partial charge in [0.1, 0.15) is 0 Å². The van der Waals surface area contributed by atoms with Gasteiger partial charge in [0.2, 0.25) is 0 Å². The number of carboxylic acids is 1. The second kappa shape index (κ2) is 3.51. The summed E-state index contributed by atoms with van der Waals surface area (Å²) in [6, 6.07) is 0. The molecule has 2 rings (SSSR count). The van der Waals surface area contributed by atoms with Gasteiger partial charge in [-0.15, -0.1) is 0 Å². The Balaban J connectivity index is 2.18. The molecule has 0 radical (unpaired) electrons. The van der Waals surface area contributed by atoms with Crippen molar-refractivity contribution in [1.29, 1.82) is 0 Å². The summed E-state index contributed by atoms with van der Waals surface area (Å²) >= 11 is 0. The summed E-state index contributed by atoms with van der Waals surface area (Å²) < 4.78 is 4.74. The molecule has 2 fully saturated rings. The third-order valence-corrected chi connectivity index (χ3v) is 4.18. The van der Waals surface area contributed by atoms with Crippen LogP contribution in [0.1, 0.15) is 32.1 Å². The third-order valence-electron chi connectivity index (χ3n) is 4.18. The van der Waals surface area contributed by atoms with Gasteiger partial charge in [-0.1, -0.05) is 12.8 Å². The summed E-state index contributed by atoms with van der Waals surface area (Å²) in [6.45, 7) is 0. The van der Waals surface area contributed by atoms with Crippen LogP contribution in [0, 0.1) is 17.3 Å². The molecule has 2 aliphatic rings. The molecule has 0 bridgehead atoms. The molecule has 2 unspecified atom stereocenters. The molecule has 1 N–H and O–H groups in total. The maximum atomic E-state index is 11.5. The van der Waals surface area contributed by atoms with Gasteiger partial charge in [0.15, 0.2) is 0 Å². The second-order valence-electron chi connectivity index (χ2n) is 4.64. The average molecular weight is 212 g/mol. The van der Waals surface area contributed by atoms with Gasteiger partial charge in [-0.2, -0.15) is 0 Å². The number of carboxylic acid groups (broad SMARTS) is 1. The topological polar surface area (TPSA) is 63.6 Å². The molecular weight excluding hydrogens is 196 g/mol. The standard InChI is InChI=1S/C11H16O4/c1-15-10(14)8-6-7(9(12)13)11(8)4-2-3-5-11/h7-8H,2-6H2,1H3,(H,12,13). The third kappa shape index (κ3) is 1.34. The van der Waals surface area contributed by atoms with Crippen LogP contribution in [-0.4, -0.2) is 24.2 Å². The molecule has 15 heavy (non-hydrogen) atoms. The van der Waals surface area contributed by atoms with Gasteiger partial charge >= 0.3 is 11.9 Å². The van der Waals surface area contributed by atoms with Crippen LogP contribution in [0.4, 0.5) is 0 Å². The summed E-state index contributed by atoms with van der Waals surface area (Å²) in [5.74, 6) is -1.48. The minimum Gasteiger partial charge on any atom is -0.481 e. The van der Waals surface area contributed by atoms with Crippen molar-refractivity contribution in [1.82, 2.24) is 0 Å². The first-order valence-electron chi connectivity index (χ1n) is 5.42. The fourth-order valence-corrected chi connectivity index (χ4v) is 3.34. The number of aliphatic carboxylic acids is 1. The Morgan fingerprint density at radius 3 is 2.33 bits per heavy atom. The van der Waals surface area contributed by atoms with Gasteiger partial charge in [0, 0.05) is 0 Å². The molecule has 2 saturated carbocycles. The summed E-state index contributed by atoms with van der Waals surface area (Å²) in [5, 5.41) is 9.08. The summed E-state index contributed by atoms with van der Waals surface area (Å²) in [7, 11) is 1.37. The number of hydrogen-bond donors (Lipinski definition) is 1. The van der Waals surface area contributed by atoms with E-state index in [9.17, 15) is 9.59 Å². The summed E-state index contributed by atoms with van der Waals surface area (Å²) in [4.78, 5) is 22.6. The van der Waals surface area contributed by atoms with Crippen molar-refractivity contribution < 1.29 is 19.4 Å². The predicted molar refractivity (Wildman–Crippen MR) is 52.1 cm³/mol. The molecule has 4 heteroatoms. The highest BCUT2D eigenvalue weighted by Crippen LogP contribution is 2.61. The van der Waals surface area contributed by atoms with E-state index in [-0.39, 0.29) is 23.2 Å². The SMILES string of the molecule is COC(=O)C1CC(C(=O)O)C12CCCC2. The van der Waals surface area contributed by atoms with Crippen LogP contribution in [0.15, 0.2) is 0 Å². The molecule has 0 heterocycles. The van der Waals surface area contributed by atoms with E-state index in [1.807, 2.05) is 0 Å². The quantitative estimate of drug-likeness (QED) is 0.703. The Morgan fingerprint density at radius 1 is 1.27 bits per heavy atom. The van der Waals surface area contributed by atoms with Crippen molar-refractivity contribution >= 4 is 11.9 Å². The van der Waals surface area contributed by atoms with Crippen LogP contribution in [0.3, 0.4) is 0 Å². The van der Waals surface area contributed by atoms with E-state index in [0.29, 0.717) is 6.42 Å². The average Bonchev–Trinajstić information content (AvgIpc) is 2.66. The van der Waals surface area contributed by atoms with E-state index < -0.39 is 5.97 Å². The number of methoxy groups -OCH3 is 1. The summed E-state index contributed by atoms with van der Waals surface area (Å²) in [6.07, 6.45) is 4.27. The Bertz CT molecular complexity index is 291. The number of carbonyl (C=O) groups excluding carboxylic acids is 1. The zero-order chi connectivity index (χ0) is 11.1. The zero-order valence-corrected chi connectivity index (χ0v) is 8.86. The van der Waals surface area contributed by atoms with E-state index in [1.54, 1.807) is 0 Å². The van der Waals surface area contributed by atoms with Gasteiger partial charge in [-0.25, -0.2) is 0 Å². The van der Waals surface area contributed by atoms with Crippen molar-refractivity contribution in [2.45, 2.75) is 32.1 Å². The lowest BCUT2D eigenvalue weighted by Gasteiger charge is -2.50. The van der Waals surface area contributed by atoms with E-state index in [0.717, 1.165) is 25.7 Å². The highest BCUT2D eigenvalue weighted by atomic mass is 16.5. The highest BCUT2D eigenvalue weighted by molar-refractivity contribution is 5.81. The molecule has 2 aliphatic carbocycles.